The number of benzene rings is 6. The van der Waals surface area contributed by atoms with Crippen LogP contribution in [0.5, 0.6) is 0 Å². The van der Waals surface area contributed by atoms with Crippen molar-refractivity contribution in [3.63, 3.8) is 0 Å². The molecular weight excluding hydrogens is 723 g/mol. The monoisotopic (exact) mass is 762 g/mol. The van der Waals surface area contributed by atoms with Crippen molar-refractivity contribution < 1.29 is 26.3 Å². The Morgan fingerprint density at radius 1 is 0.500 bits per heavy atom. The zero-order valence-electron chi connectivity index (χ0n) is 30.4. The molecule has 0 atom stereocenters. The molecule has 0 radical (unpaired) electrons. The molecule has 0 heterocycles. The summed E-state index contributed by atoms with van der Waals surface area (Å²) in [6.07, 6.45) is -9.60. The summed E-state index contributed by atoms with van der Waals surface area (Å²) < 4.78 is 89.3. The highest BCUT2D eigenvalue weighted by Crippen LogP contribution is 2.48. The van der Waals surface area contributed by atoms with Crippen LogP contribution in [0.2, 0.25) is 0 Å². The minimum Gasteiger partial charge on any atom is -0.326 e. The Morgan fingerprint density at radius 3 is 1.02 bits per heavy atom. The van der Waals surface area contributed by atoms with Gasteiger partial charge in [0.15, 0.2) is 0 Å². The molecule has 10 heteroatoms. The van der Waals surface area contributed by atoms with Crippen LogP contribution in [0, 0.1) is 10.8 Å². The Balaban J connectivity index is 1.84. The molecule has 6 aromatic carbocycles. The standard InChI is InChI=1S/C46H40F6N4/c1-28(55)44(56)43(41-33(26-53)22-35(45(47,48)49)24-37(41)39(29-14-6-2-7-15-29)30-16-8-3-9-17-30)42-34(27-54)23-36(46(50,51)52)25-38(42)40(31-18-10-4-11-19-31)32-20-12-5-13-21-32/h2-25,39-40,43,55-56H,26-27,53-54H2,1H3. The molecule has 0 bridgehead atoms. The number of nitrogens with one attached hydrogen (secondary N) is 2. The third-order valence-electron chi connectivity index (χ3n) is 10.1. The Morgan fingerprint density at radius 2 is 0.786 bits per heavy atom. The molecule has 0 amide bonds. The smallest absolute Gasteiger partial charge is 0.326 e. The summed E-state index contributed by atoms with van der Waals surface area (Å²) in [5.74, 6) is -3.07. The molecule has 0 aromatic heterocycles. The predicted octanol–water partition coefficient (Wildman–Crippen LogP) is 11.2. The van der Waals surface area contributed by atoms with Crippen molar-refractivity contribution in [3.05, 3.63) is 212 Å². The molecule has 0 spiro atoms. The number of nitrogens with two attached hydrogens (primary N) is 2. The van der Waals surface area contributed by atoms with Crippen molar-refractivity contribution in [2.45, 2.75) is 50.1 Å². The maximum atomic E-state index is 14.9. The van der Waals surface area contributed by atoms with Crippen LogP contribution in [-0.4, -0.2) is 11.4 Å². The second-order valence-corrected chi connectivity index (χ2v) is 13.7. The van der Waals surface area contributed by atoms with Crippen LogP contribution < -0.4 is 11.5 Å². The lowest BCUT2D eigenvalue weighted by atomic mass is 9.69. The van der Waals surface area contributed by atoms with Gasteiger partial charge in [0, 0.05) is 30.6 Å². The van der Waals surface area contributed by atoms with Gasteiger partial charge >= 0.3 is 12.4 Å². The number of hydrogen-bond donors (Lipinski definition) is 4. The molecule has 6 N–H and O–H groups in total. The third-order valence-corrected chi connectivity index (χ3v) is 10.1. The molecule has 0 fully saturated rings. The number of halogens is 6. The molecule has 6 rings (SSSR count). The first-order valence-electron chi connectivity index (χ1n) is 18.0. The third kappa shape index (κ3) is 8.22. The molecule has 56 heavy (non-hydrogen) atoms. The SMILES string of the molecule is CC(=N)C(=N)C(c1c(CN)cc(C(F)(F)F)cc1C(c1ccccc1)c1ccccc1)c1c(CN)cc(C(F)(F)F)cc1C(c1ccccc1)c1ccccc1. The number of rotatable bonds is 12. The lowest BCUT2D eigenvalue weighted by Gasteiger charge is -2.34. The van der Waals surface area contributed by atoms with Gasteiger partial charge < -0.3 is 22.3 Å². The lowest BCUT2D eigenvalue weighted by molar-refractivity contribution is -0.138. The average molecular weight is 763 g/mol. The Bertz CT molecular complexity index is 2080. The van der Waals surface area contributed by atoms with E-state index in [1.165, 1.54) is 6.92 Å². The highest BCUT2D eigenvalue weighted by Gasteiger charge is 2.40. The van der Waals surface area contributed by atoms with Crippen molar-refractivity contribution in [2.24, 2.45) is 11.5 Å². The van der Waals surface area contributed by atoms with Gasteiger partial charge in [-0.2, -0.15) is 26.3 Å². The van der Waals surface area contributed by atoms with Crippen molar-refractivity contribution >= 4 is 11.4 Å². The van der Waals surface area contributed by atoms with Gasteiger partial charge in [-0.3, -0.25) is 0 Å². The maximum absolute atomic E-state index is 14.9. The number of alkyl halides is 6. The topological polar surface area (TPSA) is 99.7 Å². The predicted molar refractivity (Wildman–Crippen MR) is 209 cm³/mol. The van der Waals surface area contributed by atoms with E-state index < -0.39 is 54.3 Å². The highest BCUT2D eigenvalue weighted by molar-refractivity contribution is 6.41. The molecule has 0 saturated carbocycles. The van der Waals surface area contributed by atoms with Crippen molar-refractivity contribution in [2.75, 3.05) is 0 Å². The molecule has 6 aromatic rings. The zero-order valence-corrected chi connectivity index (χ0v) is 30.4. The fraction of sp³-hybridized carbons (Fsp3) is 0.174. The minimum absolute atomic E-state index is 0.0347. The fourth-order valence-corrected chi connectivity index (χ4v) is 7.66. The van der Waals surface area contributed by atoms with E-state index in [9.17, 15) is 31.8 Å². The summed E-state index contributed by atoms with van der Waals surface area (Å²) >= 11 is 0. The second kappa shape index (κ2) is 16.5. The van der Waals surface area contributed by atoms with E-state index in [0.717, 1.165) is 24.3 Å². The number of hydrogen-bond acceptors (Lipinski definition) is 4. The van der Waals surface area contributed by atoms with Gasteiger partial charge in [-0.1, -0.05) is 121 Å². The van der Waals surface area contributed by atoms with E-state index in [0.29, 0.717) is 22.3 Å². The van der Waals surface area contributed by atoms with E-state index >= 15 is 0 Å². The van der Waals surface area contributed by atoms with E-state index in [2.05, 4.69) is 0 Å². The van der Waals surface area contributed by atoms with Crippen LogP contribution >= 0.6 is 0 Å². The summed E-state index contributed by atoms with van der Waals surface area (Å²) in [7, 11) is 0. The minimum atomic E-state index is -4.80. The van der Waals surface area contributed by atoms with Gasteiger partial charge in [0.2, 0.25) is 0 Å². The molecule has 0 saturated heterocycles. The van der Waals surface area contributed by atoms with Crippen molar-refractivity contribution in [3.8, 4) is 0 Å². The van der Waals surface area contributed by atoms with Gasteiger partial charge in [0.25, 0.3) is 0 Å². The summed E-state index contributed by atoms with van der Waals surface area (Å²) in [4.78, 5) is 0. The van der Waals surface area contributed by atoms with Crippen LogP contribution in [0.4, 0.5) is 26.3 Å². The Kier molecular flexibility index (Phi) is 11.7. The van der Waals surface area contributed by atoms with Crippen molar-refractivity contribution in [1.29, 1.82) is 10.8 Å². The van der Waals surface area contributed by atoms with Gasteiger partial charge in [-0.25, -0.2) is 0 Å². The van der Waals surface area contributed by atoms with E-state index in [1.807, 2.05) is 0 Å². The summed E-state index contributed by atoms with van der Waals surface area (Å²) in [6.45, 7) is 0.570. The van der Waals surface area contributed by atoms with E-state index in [-0.39, 0.29) is 44.8 Å². The normalized spacial score (nSPS) is 12.1. The van der Waals surface area contributed by atoms with Crippen LogP contribution in [0.25, 0.3) is 0 Å². The maximum Gasteiger partial charge on any atom is 0.416 e. The summed E-state index contributed by atoms with van der Waals surface area (Å²) in [5, 5.41) is 18.4. The Labute approximate surface area is 321 Å². The van der Waals surface area contributed by atoms with Crippen LogP contribution in [0.1, 0.15) is 91.4 Å². The van der Waals surface area contributed by atoms with E-state index in [1.54, 1.807) is 121 Å². The second-order valence-electron chi connectivity index (χ2n) is 13.7. The highest BCUT2D eigenvalue weighted by atomic mass is 19.4. The molecule has 0 aliphatic heterocycles. The molecule has 0 unspecified atom stereocenters. The first-order valence-corrected chi connectivity index (χ1v) is 18.0. The first-order chi connectivity index (χ1) is 26.7. The van der Waals surface area contributed by atoms with Crippen LogP contribution in [0.3, 0.4) is 0 Å². The van der Waals surface area contributed by atoms with E-state index in [4.69, 9.17) is 16.9 Å². The fourth-order valence-electron chi connectivity index (χ4n) is 7.66. The molecule has 0 aliphatic rings. The Hall–Kier alpha value is -5.84. The lowest BCUT2D eigenvalue weighted by Crippen LogP contribution is -2.28. The summed E-state index contributed by atoms with van der Waals surface area (Å²) in [6, 6.07) is 39.7. The first kappa shape index (κ1) is 39.8. The van der Waals surface area contributed by atoms with Gasteiger partial charge in [0.1, 0.15) is 0 Å². The molecular formula is C46H40F6N4. The van der Waals surface area contributed by atoms with Crippen LogP contribution in [0.15, 0.2) is 146 Å². The molecule has 4 nitrogen and oxygen atoms in total. The zero-order chi connectivity index (χ0) is 40.2. The average Bonchev–Trinajstić information content (AvgIpc) is 3.19. The van der Waals surface area contributed by atoms with Gasteiger partial charge in [0.05, 0.1) is 22.8 Å². The van der Waals surface area contributed by atoms with Gasteiger partial charge in [-0.05, 0) is 86.8 Å². The van der Waals surface area contributed by atoms with Crippen molar-refractivity contribution in [1.82, 2.24) is 0 Å². The van der Waals surface area contributed by atoms with Crippen LogP contribution in [-0.2, 0) is 25.4 Å². The largest absolute Gasteiger partial charge is 0.416 e. The van der Waals surface area contributed by atoms with Gasteiger partial charge in [-0.15, -0.1) is 0 Å². The quantitative estimate of drug-likeness (QED) is 0.0567. The molecule has 286 valence electrons. The summed E-state index contributed by atoms with van der Waals surface area (Å²) in [5.41, 5.74) is 13.6. The molecule has 0 aliphatic carbocycles.